The number of nitrogens with one attached hydrogen (secondary N) is 1. The van der Waals surface area contributed by atoms with Crippen molar-refractivity contribution < 1.29 is 8.42 Å². The maximum atomic E-state index is 12.3. The van der Waals surface area contributed by atoms with E-state index in [1.165, 1.54) is 6.20 Å². The zero-order valence-corrected chi connectivity index (χ0v) is 12.1. The molecule has 0 bridgehead atoms. The number of benzene rings is 1. The molecular weight excluding hydrogens is 276 g/mol. The third-order valence-electron chi connectivity index (χ3n) is 2.75. The van der Waals surface area contributed by atoms with E-state index in [1.54, 1.807) is 44.2 Å². The van der Waals surface area contributed by atoms with E-state index in [9.17, 15) is 8.42 Å². The molecule has 0 saturated carbocycles. The highest BCUT2D eigenvalue weighted by Crippen LogP contribution is 2.26. The van der Waals surface area contributed by atoms with Gasteiger partial charge in [0.1, 0.15) is 5.82 Å². The number of aromatic nitrogens is 2. The molecular formula is C13H16N4O2S. The summed E-state index contributed by atoms with van der Waals surface area (Å²) in [5.41, 5.74) is 5.98. The number of hydrogen-bond donors (Lipinski definition) is 2. The number of nitrogens with zero attached hydrogens (tertiary/aromatic N) is 2. The Hall–Kier alpha value is -2.15. The summed E-state index contributed by atoms with van der Waals surface area (Å²) in [6.07, 6.45) is 1.50. The molecule has 0 aliphatic carbocycles. The molecule has 1 aromatic carbocycles. The van der Waals surface area contributed by atoms with Gasteiger partial charge in [-0.25, -0.2) is 13.4 Å². The number of nitrogen functional groups attached to an aromatic ring is 1. The van der Waals surface area contributed by atoms with Gasteiger partial charge >= 0.3 is 0 Å². The molecule has 7 heteroatoms. The largest absolute Gasteiger partial charge is 0.368 e. The van der Waals surface area contributed by atoms with Crippen molar-refractivity contribution in [3.8, 4) is 0 Å². The van der Waals surface area contributed by atoms with Gasteiger partial charge in [0.25, 0.3) is 0 Å². The molecule has 0 aliphatic heterocycles. The molecule has 0 spiro atoms. The Morgan fingerprint density at radius 3 is 2.55 bits per heavy atom. The molecule has 0 amide bonds. The minimum Gasteiger partial charge on any atom is -0.368 e. The lowest BCUT2D eigenvalue weighted by molar-refractivity contribution is 0.588. The smallest absolute Gasteiger partial charge is 0.221 e. The maximum absolute atomic E-state index is 12.3. The van der Waals surface area contributed by atoms with Gasteiger partial charge in [-0.2, -0.15) is 4.98 Å². The predicted octanol–water partition coefficient (Wildman–Crippen LogP) is 1.98. The maximum Gasteiger partial charge on any atom is 0.221 e. The monoisotopic (exact) mass is 292 g/mol. The van der Waals surface area contributed by atoms with Crippen molar-refractivity contribution in [3.05, 3.63) is 36.5 Å². The van der Waals surface area contributed by atoms with Crippen LogP contribution in [-0.2, 0) is 9.84 Å². The molecule has 2 rings (SSSR count). The molecule has 2 aromatic rings. The molecule has 0 saturated heterocycles. The third-order valence-corrected chi connectivity index (χ3v) is 4.96. The summed E-state index contributed by atoms with van der Waals surface area (Å²) in [5.74, 6) is 0.572. The van der Waals surface area contributed by atoms with Crippen LogP contribution < -0.4 is 11.1 Å². The number of nitrogens with two attached hydrogens (primary N) is 1. The lowest BCUT2D eigenvalue weighted by atomic mass is 10.3. The van der Waals surface area contributed by atoms with Gasteiger partial charge < -0.3 is 11.1 Å². The summed E-state index contributed by atoms with van der Waals surface area (Å²) < 4.78 is 24.6. The number of anilines is 3. The molecule has 106 valence electrons. The summed E-state index contributed by atoms with van der Waals surface area (Å²) in [5, 5.41) is 2.46. The summed E-state index contributed by atoms with van der Waals surface area (Å²) >= 11 is 0. The van der Waals surface area contributed by atoms with Crippen molar-refractivity contribution in [2.75, 3.05) is 11.1 Å². The summed E-state index contributed by atoms with van der Waals surface area (Å²) in [6, 6.07) is 8.33. The molecule has 0 atom stereocenters. The second-order valence-corrected chi connectivity index (χ2v) is 6.99. The van der Waals surface area contributed by atoms with Crippen LogP contribution in [0.2, 0.25) is 0 Å². The average Bonchev–Trinajstić information content (AvgIpc) is 2.39. The molecule has 3 N–H and O–H groups in total. The van der Waals surface area contributed by atoms with Crippen molar-refractivity contribution in [2.24, 2.45) is 0 Å². The molecule has 1 heterocycles. The Morgan fingerprint density at radius 2 is 1.90 bits per heavy atom. The highest BCUT2D eigenvalue weighted by Gasteiger charge is 2.22. The van der Waals surface area contributed by atoms with Crippen LogP contribution in [0.15, 0.2) is 41.4 Å². The normalized spacial score (nSPS) is 11.6. The van der Waals surface area contributed by atoms with Gasteiger partial charge in [0.05, 0.1) is 15.8 Å². The van der Waals surface area contributed by atoms with Gasteiger partial charge in [0.15, 0.2) is 9.84 Å². The Balaban J connectivity index is 2.44. The van der Waals surface area contributed by atoms with Crippen LogP contribution in [0.4, 0.5) is 17.5 Å². The standard InChI is InChI=1S/C13H16N4O2S/c1-9(2)20(18,19)11-6-4-3-5-10(11)16-12-7-8-15-13(14)17-12/h3-9H,1-2H3,(H3,14,15,16,17). The van der Waals surface area contributed by atoms with Gasteiger partial charge in [-0.05, 0) is 32.0 Å². The Kier molecular flexibility index (Phi) is 3.89. The number of rotatable bonds is 4. The highest BCUT2D eigenvalue weighted by molar-refractivity contribution is 7.92. The van der Waals surface area contributed by atoms with Crippen LogP contribution in [0.3, 0.4) is 0 Å². The van der Waals surface area contributed by atoms with Gasteiger partial charge in [-0.15, -0.1) is 0 Å². The molecule has 20 heavy (non-hydrogen) atoms. The fraction of sp³-hybridized carbons (Fsp3) is 0.231. The topological polar surface area (TPSA) is 98.0 Å². The lowest BCUT2D eigenvalue weighted by Gasteiger charge is -2.14. The first-order chi connectivity index (χ1) is 9.41. The fourth-order valence-corrected chi connectivity index (χ4v) is 2.86. The summed E-state index contributed by atoms with van der Waals surface area (Å²) in [7, 11) is -3.37. The van der Waals surface area contributed by atoms with E-state index in [1.807, 2.05) is 0 Å². The second-order valence-electron chi connectivity index (χ2n) is 4.52. The summed E-state index contributed by atoms with van der Waals surface area (Å²) in [4.78, 5) is 8.03. The first kappa shape index (κ1) is 14.3. The van der Waals surface area contributed by atoms with E-state index in [0.717, 1.165) is 0 Å². The number of sulfone groups is 1. The Bertz CT molecular complexity index is 714. The lowest BCUT2D eigenvalue weighted by Crippen LogP contribution is -2.15. The van der Waals surface area contributed by atoms with E-state index >= 15 is 0 Å². The van der Waals surface area contributed by atoms with Gasteiger partial charge in [0, 0.05) is 6.20 Å². The molecule has 1 aromatic heterocycles. The van der Waals surface area contributed by atoms with E-state index < -0.39 is 15.1 Å². The quantitative estimate of drug-likeness (QED) is 0.894. The SMILES string of the molecule is CC(C)S(=O)(=O)c1ccccc1Nc1ccnc(N)n1. The summed E-state index contributed by atoms with van der Waals surface area (Å²) in [6.45, 7) is 3.30. The van der Waals surface area contributed by atoms with Crippen molar-refractivity contribution in [1.82, 2.24) is 9.97 Å². The van der Waals surface area contributed by atoms with Crippen molar-refractivity contribution >= 4 is 27.3 Å². The first-order valence-corrected chi connectivity index (χ1v) is 7.64. The van der Waals surface area contributed by atoms with Gasteiger partial charge in [0.2, 0.25) is 5.95 Å². The van der Waals surface area contributed by atoms with Crippen LogP contribution in [0.5, 0.6) is 0 Å². The third kappa shape index (κ3) is 2.88. The highest BCUT2D eigenvalue weighted by atomic mass is 32.2. The Morgan fingerprint density at radius 1 is 1.20 bits per heavy atom. The van der Waals surface area contributed by atoms with E-state index in [0.29, 0.717) is 11.5 Å². The van der Waals surface area contributed by atoms with Gasteiger partial charge in [-0.3, -0.25) is 0 Å². The van der Waals surface area contributed by atoms with Crippen LogP contribution in [0, 0.1) is 0 Å². The van der Waals surface area contributed by atoms with Crippen LogP contribution >= 0.6 is 0 Å². The first-order valence-electron chi connectivity index (χ1n) is 6.09. The van der Waals surface area contributed by atoms with E-state index in [-0.39, 0.29) is 10.8 Å². The van der Waals surface area contributed by atoms with Crippen molar-refractivity contribution in [1.29, 1.82) is 0 Å². The second kappa shape index (κ2) is 5.46. The van der Waals surface area contributed by atoms with E-state index in [4.69, 9.17) is 5.73 Å². The van der Waals surface area contributed by atoms with Crippen LogP contribution in [0.1, 0.15) is 13.8 Å². The molecule has 6 nitrogen and oxygen atoms in total. The molecule has 0 fully saturated rings. The predicted molar refractivity (Wildman–Crippen MR) is 78.5 cm³/mol. The minimum absolute atomic E-state index is 0.124. The Labute approximate surface area is 118 Å². The molecule has 0 aliphatic rings. The fourth-order valence-electron chi connectivity index (χ4n) is 1.65. The van der Waals surface area contributed by atoms with Crippen LogP contribution in [-0.4, -0.2) is 23.6 Å². The molecule has 0 unspecified atom stereocenters. The van der Waals surface area contributed by atoms with Crippen molar-refractivity contribution in [3.63, 3.8) is 0 Å². The minimum atomic E-state index is -3.37. The zero-order valence-electron chi connectivity index (χ0n) is 11.2. The van der Waals surface area contributed by atoms with Crippen molar-refractivity contribution in [2.45, 2.75) is 24.0 Å². The van der Waals surface area contributed by atoms with Gasteiger partial charge in [-0.1, -0.05) is 12.1 Å². The number of hydrogen-bond acceptors (Lipinski definition) is 6. The van der Waals surface area contributed by atoms with E-state index in [2.05, 4.69) is 15.3 Å². The molecule has 0 radical (unpaired) electrons. The zero-order chi connectivity index (χ0) is 14.8. The van der Waals surface area contributed by atoms with Crippen LogP contribution in [0.25, 0.3) is 0 Å². The average molecular weight is 292 g/mol. The number of para-hydroxylation sites is 1.